The van der Waals surface area contributed by atoms with E-state index in [1.165, 1.54) is 0 Å². The van der Waals surface area contributed by atoms with Crippen LogP contribution in [-0.2, 0) is 11.2 Å². The third-order valence-corrected chi connectivity index (χ3v) is 4.67. The Bertz CT molecular complexity index is 422. The second-order valence-electron chi connectivity index (χ2n) is 5.12. The van der Waals surface area contributed by atoms with E-state index in [1.807, 2.05) is 18.2 Å². The van der Waals surface area contributed by atoms with E-state index >= 15 is 0 Å². The van der Waals surface area contributed by atoms with Crippen LogP contribution in [0.1, 0.15) is 38.2 Å². The number of rotatable bonds is 3. The van der Waals surface area contributed by atoms with Gasteiger partial charge in [-0.15, -0.1) is 0 Å². The van der Waals surface area contributed by atoms with Gasteiger partial charge in [0.25, 0.3) is 0 Å². The molecule has 0 N–H and O–H groups in total. The predicted octanol–water partition coefficient (Wildman–Crippen LogP) is 4.93. The van der Waals surface area contributed by atoms with Crippen LogP contribution in [-0.4, -0.2) is 5.78 Å². The van der Waals surface area contributed by atoms with Crippen molar-refractivity contribution in [2.45, 2.75) is 39.0 Å². The van der Waals surface area contributed by atoms with Crippen molar-refractivity contribution in [2.24, 2.45) is 11.8 Å². The molecule has 1 aromatic rings. The van der Waals surface area contributed by atoms with Crippen LogP contribution in [0.5, 0.6) is 0 Å². The van der Waals surface area contributed by atoms with E-state index in [2.05, 4.69) is 6.92 Å². The quantitative estimate of drug-likeness (QED) is 0.769. The van der Waals surface area contributed by atoms with Crippen molar-refractivity contribution in [1.82, 2.24) is 0 Å². The summed E-state index contributed by atoms with van der Waals surface area (Å²) >= 11 is 12.3. The molecule has 0 heterocycles. The molecule has 0 saturated heterocycles. The van der Waals surface area contributed by atoms with Crippen molar-refractivity contribution in [2.75, 3.05) is 0 Å². The summed E-state index contributed by atoms with van der Waals surface area (Å²) in [7, 11) is 0. The minimum Gasteiger partial charge on any atom is -0.299 e. The maximum absolute atomic E-state index is 12.0. The highest BCUT2D eigenvalue weighted by atomic mass is 35.5. The van der Waals surface area contributed by atoms with Crippen LogP contribution in [0.2, 0.25) is 10.0 Å². The van der Waals surface area contributed by atoms with E-state index in [0.717, 1.165) is 24.8 Å². The molecule has 3 heteroatoms. The number of carbonyl (C=O) groups excluding carboxylic acids is 1. The molecule has 18 heavy (non-hydrogen) atoms. The van der Waals surface area contributed by atoms with Crippen molar-refractivity contribution in [3.8, 4) is 0 Å². The van der Waals surface area contributed by atoms with E-state index in [0.29, 0.717) is 34.6 Å². The van der Waals surface area contributed by atoms with Crippen molar-refractivity contribution in [1.29, 1.82) is 0 Å². The van der Waals surface area contributed by atoms with E-state index < -0.39 is 0 Å². The summed E-state index contributed by atoms with van der Waals surface area (Å²) in [5.41, 5.74) is 0.927. The lowest BCUT2D eigenvalue weighted by molar-refractivity contribution is -0.125. The van der Waals surface area contributed by atoms with Crippen LogP contribution in [0, 0.1) is 11.8 Å². The van der Waals surface area contributed by atoms with Gasteiger partial charge < -0.3 is 0 Å². The van der Waals surface area contributed by atoms with Crippen LogP contribution >= 0.6 is 23.2 Å². The second-order valence-corrected chi connectivity index (χ2v) is 5.93. The Morgan fingerprint density at radius 2 is 1.94 bits per heavy atom. The molecular formula is C15H18Cl2O. The molecule has 0 radical (unpaired) electrons. The molecule has 1 fully saturated rings. The average Bonchev–Trinajstić information content (AvgIpc) is 2.36. The van der Waals surface area contributed by atoms with Gasteiger partial charge in [-0.05, 0) is 42.9 Å². The van der Waals surface area contributed by atoms with E-state index in [9.17, 15) is 4.79 Å². The van der Waals surface area contributed by atoms with Gasteiger partial charge in [0, 0.05) is 22.4 Å². The predicted molar refractivity (Wildman–Crippen MR) is 76.3 cm³/mol. The van der Waals surface area contributed by atoms with Gasteiger partial charge in [-0.3, -0.25) is 4.79 Å². The van der Waals surface area contributed by atoms with Crippen molar-refractivity contribution in [3.63, 3.8) is 0 Å². The molecule has 0 aromatic heterocycles. The summed E-state index contributed by atoms with van der Waals surface area (Å²) in [6, 6.07) is 5.52. The van der Waals surface area contributed by atoms with Crippen molar-refractivity contribution >= 4 is 29.0 Å². The van der Waals surface area contributed by atoms with E-state index in [-0.39, 0.29) is 5.92 Å². The van der Waals surface area contributed by atoms with Crippen molar-refractivity contribution < 1.29 is 4.79 Å². The molecule has 0 amide bonds. The van der Waals surface area contributed by atoms with Gasteiger partial charge in [0.2, 0.25) is 0 Å². The lowest BCUT2D eigenvalue weighted by atomic mass is 9.77. The van der Waals surface area contributed by atoms with Gasteiger partial charge in [0.1, 0.15) is 5.78 Å². The summed E-state index contributed by atoms with van der Waals surface area (Å²) in [5, 5.41) is 1.35. The standard InChI is InChI=1S/C15H18Cl2O/c1-2-10-6-7-15(18)11(8-10)9-12-13(16)4-3-5-14(12)17/h3-5,10-11H,2,6-9H2,1H3. The molecule has 1 aliphatic carbocycles. The van der Waals surface area contributed by atoms with Gasteiger partial charge >= 0.3 is 0 Å². The average molecular weight is 285 g/mol. The minimum absolute atomic E-state index is 0.0982. The van der Waals surface area contributed by atoms with Gasteiger partial charge in [-0.25, -0.2) is 0 Å². The Morgan fingerprint density at radius 3 is 2.56 bits per heavy atom. The molecule has 2 rings (SSSR count). The molecule has 1 nitrogen and oxygen atoms in total. The maximum atomic E-state index is 12.0. The third-order valence-electron chi connectivity index (χ3n) is 3.96. The van der Waals surface area contributed by atoms with Crippen LogP contribution < -0.4 is 0 Å². The topological polar surface area (TPSA) is 17.1 Å². The summed E-state index contributed by atoms with van der Waals surface area (Å²) < 4.78 is 0. The number of halogens is 2. The molecule has 98 valence electrons. The molecule has 1 saturated carbocycles. The molecule has 0 aliphatic heterocycles. The van der Waals surface area contributed by atoms with Gasteiger partial charge in [-0.1, -0.05) is 42.6 Å². The Hall–Kier alpha value is -0.530. The zero-order chi connectivity index (χ0) is 13.1. The highest BCUT2D eigenvalue weighted by molar-refractivity contribution is 6.36. The summed E-state index contributed by atoms with van der Waals surface area (Å²) in [6.45, 7) is 2.19. The first-order valence-electron chi connectivity index (χ1n) is 6.57. The summed E-state index contributed by atoms with van der Waals surface area (Å²) in [4.78, 5) is 12.0. The summed E-state index contributed by atoms with van der Waals surface area (Å²) in [5.74, 6) is 1.14. The fourth-order valence-corrected chi connectivity index (χ4v) is 3.30. The number of hydrogen-bond acceptors (Lipinski definition) is 1. The van der Waals surface area contributed by atoms with Crippen LogP contribution in [0.4, 0.5) is 0 Å². The van der Waals surface area contributed by atoms with Crippen LogP contribution in [0.25, 0.3) is 0 Å². The van der Waals surface area contributed by atoms with Gasteiger partial charge in [0.15, 0.2) is 0 Å². The maximum Gasteiger partial charge on any atom is 0.136 e. The Kier molecular flexibility index (Phi) is 4.69. The molecule has 0 spiro atoms. The number of Topliss-reactive ketones (excluding diaryl/α,β-unsaturated/α-hetero) is 1. The molecular weight excluding hydrogens is 267 g/mol. The van der Waals surface area contributed by atoms with Crippen LogP contribution in [0.3, 0.4) is 0 Å². The van der Waals surface area contributed by atoms with Gasteiger partial charge in [-0.2, -0.15) is 0 Å². The first-order valence-corrected chi connectivity index (χ1v) is 7.33. The largest absolute Gasteiger partial charge is 0.299 e. The zero-order valence-corrected chi connectivity index (χ0v) is 12.1. The summed E-state index contributed by atoms with van der Waals surface area (Å²) in [6.07, 6.45) is 4.58. The fourth-order valence-electron chi connectivity index (χ4n) is 2.74. The molecule has 1 aliphatic rings. The Labute approximate surface area is 118 Å². The van der Waals surface area contributed by atoms with Gasteiger partial charge in [0.05, 0.1) is 0 Å². The minimum atomic E-state index is 0.0982. The number of carbonyl (C=O) groups is 1. The lowest BCUT2D eigenvalue weighted by Crippen LogP contribution is -2.26. The molecule has 2 unspecified atom stereocenters. The Balaban J connectivity index is 2.14. The number of benzene rings is 1. The molecule has 0 bridgehead atoms. The third kappa shape index (κ3) is 3.07. The number of hydrogen-bond donors (Lipinski definition) is 0. The highest BCUT2D eigenvalue weighted by Crippen LogP contribution is 2.34. The Morgan fingerprint density at radius 1 is 1.28 bits per heavy atom. The number of ketones is 1. The smallest absolute Gasteiger partial charge is 0.136 e. The fraction of sp³-hybridized carbons (Fsp3) is 0.533. The first kappa shape index (κ1) is 13.9. The normalized spacial score (nSPS) is 24.3. The lowest BCUT2D eigenvalue weighted by Gasteiger charge is -2.27. The molecule has 2 atom stereocenters. The zero-order valence-electron chi connectivity index (χ0n) is 10.6. The van der Waals surface area contributed by atoms with E-state index in [1.54, 1.807) is 0 Å². The van der Waals surface area contributed by atoms with Crippen molar-refractivity contribution in [3.05, 3.63) is 33.8 Å². The van der Waals surface area contributed by atoms with Crippen LogP contribution in [0.15, 0.2) is 18.2 Å². The molecule has 1 aromatic carbocycles. The van der Waals surface area contributed by atoms with E-state index in [4.69, 9.17) is 23.2 Å². The monoisotopic (exact) mass is 284 g/mol. The SMILES string of the molecule is CCC1CCC(=O)C(Cc2c(Cl)cccc2Cl)C1. The second kappa shape index (κ2) is 6.08. The first-order chi connectivity index (χ1) is 8.61. The highest BCUT2D eigenvalue weighted by Gasteiger charge is 2.28.